The zero-order chi connectivity index (χ0) is 0. The molecule has 3 nitrogen and oxygen atoms in total. The third-order valence-electron chi connectivity index (χ3n) is 0. The van der Waals surface area contributed by atoms with E-state index in [1.54, 1.807) is 0 Å². The summed E-state index contributed by atoms with van der Waals surface area (Å²) in [7, 11) is 0. The first kappa shape index (κ1) is 133. The second kappa shape index (κ2) is 71.8. The van der Waals surface area contributed by atoms with E-state index in [0.29, 0.717) is 0 Å². The summed E-state index contributed by atoms with van der Waals surface area (Å²) in [4.78, 5) is 0. The van der Waals surface area contributed by atoms with Crippen molar-refractivity contribution in [1.82, 2.24) is 0 Å². The van der Waals surface area contributed by atoms with Gasteiger partial charge < -0.3 is 16.4 Å². The smallest absolute Gasteiger partial charge is 0 e. The fraction of sp³-hybridized carbons (Fsp3) is 0. The second-order valence-electron chi connectivity index (χ2n) is 0. The van der Waals surface area contributed by atoms with Gasteiger partial charge in [0.15, 0.2) is 0 Å². The van der Waals surface area contributed by atoms with E-state index in [2.05, 4.69) is 0 Å². The van der Waals surface area contributed by atoms with Crippen LogP contribution in [0.1, 0.15) is 0 Å². The van der Waals surface area contributed by atoms with E-state index in [1.807, 2.05) is 0 Å². The maximum atomic E-state index is 0. The third kappa shape index (κ3) is 41.0. The Labute approximate surface area is 54.8 Å². The topological polar surface area (TPSA) is 85.5 Å². The molecule has 0 saturated carbocycles. The van der Waals surface area contributed by atoms with Gasteiger partial charge in [-0.25, -0.2) is 0 Å². The first-order valence-electron chi connectivity index (χ1n) is 0. The summed E-state index contributed by atoms with van der Waals surface area (Å²) in [5, 5.41) is 0. The Kier molecular flexibility index (Phi) is 1910. The van der Waals surface area contributed by atoms with Crippen molar-refractivity contribution < 1.29 is 54.6 Å². The Bertz CT molecular complexity index is 6.85. The standard InChI is InChI=1S/Cu.Mo.3O/q;;3*-2. The predicted octanol–water partition coefficient (Wildman–Crippen LogP) is -0.361. The fourth-order valence-corrected chi connectivity index (χ4v) is 0. The molecule has 0 rings (SSSR count). The molecule has 0 unspecified atom stereocenters. The normalized spacial score (nSPS) is 0. The van der Waals surface area contributed by atoms with E-state index in [0.717, 1.165) is 0 Å². The van der Waals surface area contributed by atoms with Crippen LogP contribution in [0, 0.1) is 0 Å². The van der Waals surface area contributed by atoms with Crippen LogP contribution in [-0.4, -0.2) is 0 Å². The third-order valence-corrected chi connectivity index (χ3v) is 0. The molecule has 0 fully saturated rings. The molecule has 0 bridgehead atoms. The molecule has 5 heteroatoms. The van der Waals surface area contributed by atoms with Gasteiger partial charge in [0.1, 0.15) is 0 Å². The van der Waals surface area contributed by atoms with Crippen LogP contribution in [0.25, 0.3) is 0 Å². The SMILES string of the molecule is [Cu].[Mo].[O-2].[O-2].[O-2]. The van der Waals surface area contributed by atoms with Gasteiger partial charge in [-0.05, 0) is 0 Å². The van der Waals surface area contributed by atoms with Gasteiger partial charge in [-0.1, -0.05) is 0 Å². The zero-order valence-electron chi connectivity index (χ0n) is 1.93. The molecule has 0 aliphatic carbocycles. The van der Waals surface area contributed by atoms with E-state index < -0.39 is 0 Å². The van der Waals surface area contributed by atoms with Crippen LogP contribution in [0.15, 0.2) is 0 Å². The Balaban J connectivity index is 0. The second-order valence-corrected chi connectivity index (χ2v) is 0. The molecule has 0 spiro atoms. The number of hydrogen-bond acceptors (Lipinski definition) is 0. The predicted molar refractivity (Wildman–Crippen MR) is 2.06 cm³/mol. The van der Waals surface area contributed by atoms with Gasteiger partial charge >= 0.3 is 0 Å². The molecule has 0 heterocycles. The zero-order valence-corrected chi connectivity index (χ0v) is 4.88. The molecule has 1 radical (unpaired) electrons. The van der Waals surface area contributed by atoms with Crippen molar-refractivity contribution >= 4 is 0 Å². The maximum absolute atomic E-state index is 0. The molecule has 0 aromatic heterocycles. The van der Waals surface area contributed by atoms with Gasteiger partial charge in [-0.3, -0.25) is 0 Å². The molecule has 0 aromatic carbocycles. The van der Waals surface area contributed by atoms with Gasteiger partial charge in [-0.2, -0.15) is 0 Å². The summed E-state index contributed by atoms with van der Waals surface area (Å²) in [5.41, 5.74) is 0. The Hall–Kier alpha value is 1.09. The van der Waals surface area contributed by atoms with Gasteiger partial charge in [0, 0.05) is 38.1 Å². The van der Waals surface area contributed by atoms with Crippen molar-refractivity contribution in [3.8, 4) is 0 Å². The van der Waals surface area contributed by atoms with Crippen LogP contribution in [0.4, 0.5) is 0 Å². The minimum atomic E-state index is 0. The monoisotopic (exact) mass is 209 g/mol. The van der Waals surface area contributed by atoms with Crippen molar-refractivity contribution in [2.24, 2.45) is 0 Å². The van der Waals surface area contributed by atoms with Crippen molar-refractivity contribution in [2.45, 2.75) is 0 Å². The summed E-state index contributed by atoms with van der Waals surface area (Å²) in [6.45, 7) is 0. The summed E-state index contributed by atoms with van der Waals surface area (Å²) in [5.74, 6) is 0. The molecular weight excluding hydrogens is 207 g/mol. The maximum Gasteiger partial charge on any atom is 0 e. The minimum Gasteiger partial charge on any atom is -2.00 e. The minimum absolute atomic E-state index is 0. The van der Waals surface area contributed by atoms with Gasteiger partial charge in [-0.15, -0.1) is 0 Å². The molecule has 0 aliphatic heterocycles. The number of hydrogen-bond donors (Lipinski definition) is 0. The molecule has 0 aromatic rings. The average Bonchev–Trinajstić information content (AvgIpc) is 0. The molecule has 5 heavy (non-hydrogen) atoms. The van der Waals surface area contributed by atoms with E-state index in [-0.39, 0.29) is 54.6 Å². The quantitative estimate of drug-likeness (QED) is 0.486. The largest absolute Gasteiger partial charge is 2.00 e. The Morgan fingerprint density at radius 2 is 0.600 bits per heavy atom. The van der Waals surface area contributed by atoms with E-state index in [9.17, 15) is 0 Å². The van der Waals surface area contributed by atoms with Crippen molar-refractivity contribution in [3.05, 3.63) is 0 Å². The van der Waals surface area contributed by atoms with Gasteiger partial charge in [0.2, 0.25) is 0 Å². The molecule has 0 amide bonds. The molecule has 0 N–H and O–H groups in total. The molecule has 0 aliphatic rings. The van der Waals surface area contributed by atoms with Crippen molar-refractivity contribution in [2.75, 3.05) is 0 Å². The summed E-state index contributed by atoms with van der Waals surface area (Å²) in [6.07, 6.45) is 0. The van der Waals surface area contributed by atoms with Crippen LogP contribution in [0.3, 0.4) is 0 Å². The molecule has 0 saturated heterocycles. The van der Waals surface area contributed by atoms with Crippen LogP contribution >= 0.6 is 0 Å². The Morgan fingerprint density at radius 1 is 0.600 bits per heavy atom. The van der Waals surface area contributed by atoms with Gasteiger partial charge in [0.25, 0.3) is 0 Å². The van der Waals surface area contributed by atoms with Crippen molar-refractivity contribution in [3.63, 3.8) is 0 Å². The van der Waals surface area contributed by atoms with Gasteiger partial charge in [0.05, 0.1) is 0 Å². The van der Waals surface area contributed by atoms with Crippen molar-refractivity contribution in [1.29, 1.82) is 0 Å². The first-order valence-corrected chi connectivity index (χ1v) is 0. The van der Waals surface area contributed by atoms with E-state index >= 15 is 0 Å². The molecular formula is CuMoO3-6. The first-order chi connectivity index (χ1) is 0. The molecule has 0 atom stereocenters. The average molecular weight is 207 g/mol. The van der Waals surface area contributed by atoms with E-state index in [4.69, 9.17) is 0 Å². The number of rotatable bonds is 0. The fourth-order valence-electron chi connectivity index (χ4n) is 0. The van der Waals surface area contributed by atoms with Crippen LogP contribution in [0.5, 0.6) is 0 Å². The summed E-state index contributed by atoms with van der Waals surface area (Å²) in [6, 6.07) is 0. The Morgan fingerprint density at radius 3 is 0.600 bits per heavy atom. The van der Waals surface area contributed by atoms with E-state index in [1.165, 1.54) is 0 Å². The van der Waals surface area contributed by atoms with Crippen LogP contribution < -0.4 is 0 Å². The summed E-state index contributed by atoms with van der Waals surface area (Å²) < 4.78 is 0. The summed E-state index contributed by atoms with van der Waals surface area (Å²) >= 11 is 0. The molecule has 41 valence electrons. The van der Waals surface area contributed by atoms with Crippen LogP contribution in [0.2, 0.25) is 0 Å². The van der Waals surface area contributed by atoms with Crippen LogP contribution in [-0.2, 0) is 54.6 Å².